The molecule has 2 nitrogen and oxygen atoms in total. The van der Waals surface area contributed by atoms with Gasteiger partial charge in [0.2, 0.25) is 0 Å². The van der Waals surface area contributed by atoms with E-state index in [1.807, 2.05) is 26.0 Å². The number of phenolic OH excluding ortho intramolecular Hbond substituents is 1. The lowest BCUT2D eigenvalue weighted by Gasteiger charge is -2.12. The van der Waals surface area contributed by atoms with Crippen molar-refractivity contribution in [2.45, 2.75) is 26.2 Å². The molecule has 110 valence electrons. The van der Waals surface area contributed by atoms with Crippen molar-refractivity contribution in [2.24, 2.45) is 0 Å². The maximum atomic E-state index is 10.8. The van der Waals surface area contributed by atoms with Crippen molar-refractivity contribution in [1.29, 1.82) is 0 Å². The molecule has 2 aromatic rings. The van der Waals surface area contributed by atoms with Crippen LogP contribution in [-0.4, -0.2) is 11.4 Å². The number of carbonyl (C=O) groups is 1. The van der Waals surface area contributed by atoms with E-state index in [1.54, 1.807) is 18.2 Å². The lowest BCUT2D eigenvalue weighted by molar-refractivity contribution is 0.112. The molecule has 0 atom stereocenters. The minimum atomic E-state index is 0.230. The summed E-state index contributed by atoms with van der Waals surface area (Å²) in [6, 6.07) is 8.72. The standard InChI is InChI=1S/C17H16Cl2O2/c1-10(2)13-5-11(3-4-17(13)21)6-14-15(18)7-12(9-20)8-16(14)19/h3-5,7-10,21H,6H2,1-2H3. The quantitative estimate of drug-likeness (QED) is 0.783. The van der Waals surface area contributed by atoms with Gasteiger partial charge < -0.3 is 5.11 Å². The van der Waals surface area contributed by atoms with Crippen LogP contribution in [0.4, 0.5) is 0 Å². The predicted molar refractivity (Wildman–Crippen MR) is 86.9 cm³/mol. The molecule has 0 radical (unpaired) electrons. The highest BCUT2D eigenvalue weighted by Gasteiger charge is 2.12. The molecule has 0 aliphatic carbocycles. The zero-order chi connectivity index (χ0) is 15.6. The van der Waals surface area contributed by atoms with E-state index in [2.05, 4.69) is 0 Å². The Balaban J connectivity index is 2.39. The fourth-order valence-electron chi connectivity index (χ4n) is 2.24. The molecule has 0 spiro atoms. The molecule has 0 aromatic heterocycles. The van der Waals surface area contributed by atoms with Gasteiger partial charge in [-0.3, -0.25) is 4.79 Å². The van der Waals surface area contributed by atoms with Crippen LogP contribution in [0.15, 0.2) is 30.3 Å². The number of carbonyl (C=O) groups excluding carboxylic acids is 1. The Hall–Kier alpha value is -1.51. The van der Waals surface area contributed by atoms with Crippen molar-refractivity contribution in [3.8, 4) is 5.75 Å². The van der Waals surface area contributed by atoms with Crippen molar-refractivity contribution in [2.75, 3.05) is 0 Å². The maximum absolute atomic E-state index is 10.8. The summed E-state index contributed by atoms with van der Waals surface area (Å²) in [5.41, 5.74) is 3.15. The van der Waals surface area contributed by atoms with Gasteiger partial charge in [-0.05, 0) is 40.8 Å². The van der Waals surface area contributed by atoms with E-state index >= 15 is 0 Å². The summed E-state index contributed by atoms with van der Waals surface area (Å²) in [7, 11) is 0. The Kier molecular flexibility index (Phi) is 4.92. The monoisotopic (exact) mass is 322 g/mol. The van der Waals surface area contributed by atoms with E-state index in [0.717, 1.165) is 23.0 Å². The first kappa shape index (κ1) is 15.9. The maximum Gasteiger partial charge on any atom is 0.150 e. The fraction of sp³-hybridized carbons (Fsp3) is 0.235. The highest BCUT2D eigenvalue weighted by atomic mass is 35.5. The fourth-order valence-corrected chi connectivity index (χ4v) is 2.88. The molecule has 0 saturated carbocycles. The molecule has 21 heavy (non-hydrogen) atoms. The number of benzene rings is 2. The van der Waals surface area contributed by atoms with Crippen LogP contribution in [0.25, 0.3) is 0 Å². The molecule has 1 N–H and O–H groups in total. The molecule has 0 aliphatic rings. The van der Waals surface area contributed by atoms with Gasteiger partial charge in [-0.2, -0.15) is 0 Å². The molecule has 4 heteroatoms. The second-order valence-electron chi connectivity index (χ2n) is 5.31. The first-order valence-electron chi connectivity index (χ1n) is 6.67. The number of phenols is 1. The summed E-state index contributed by atoms with van der Waals surface area (Å²) in [5.74, 6) is 0.524. The Morgan fingerprint density at radius 1 is 1.14 bits per heavy atom. The number of rotatable bonds is 4. The van der Waals surface area contributed by atoms with Gasteiger partial charge in [-0.1, -0.05) is 49.2 Å². The molecule has 0 aliphatic heterocycles. The number of halogens is 2. The van der Waals surface area contributed by atoms with Gasteiger partial charge in [-0.15, -0.1) is 0 Å². The van der Waals surface area contributed by atoms with Crippen LogP contribution in [0, 0.1) is 0 Å². The molecule has 0 saturated heterocycles. The summed E-state index contributed by atoms with van der Waals surface area (Å²) >= 11 is 12.4. The summed E-state index contributed by atoms with van der Waals surface area (Å²) in [5, 5.41) is 10.8. The first-order valence-corrected chi connectivity index (χ1v) is 7.43. The molecule has 2 rings (SSSR count). The van der Waals surface area contributed by atoms with Crippen LogP contribution < -0.4 is 0 Å². The van der Waals surface area contributed by atoms with E-state index in [1.165, 1.54) is 0 Å². The zero-order valence-corrected chi connectivity index (χ0v) is 13.4. The number of aromatic hydroxyl groups is 1. The van der Waals surface area contributed by atoms with Crippen molar-refractivity contribution in [1.82, 2.24) is 0 Å². The van der Waals surface area contributed by atoms with Crippen LogP contribution in [0.1, 0.15) is 46.8 Å². The minimum Gasteiger partial charge on any atom is -0.508 e. The van der Waals surface area contributed by atoms with Crippen molar-refractivity contribution in [3.05, 3.63) is 62.6 Å². The summed E-state index contributed by atoms with van der Waals surface area (Å²) in [4.78, 5) is 10.8. The average Bonchev–Trinajstić information content (AvgIpc) is 2.43. The Morgan fingerprint density at radius 3 is 2.29 bits per heavy atom. The van der Waals surface area contributed by atoms with Gasteiger partial charge in [0.25, 0.3) is 0 Å². The van der Waals surface area contributed by atoms with E-state index in [0.29, 0.717) is 27.8 Å². The van der Waals surface area contributed by atoms with Gasteiger partial charge in [-0.25, -0.2) is 0 Å². The van der Waals surface area contributed by atoms with Crippen LogP contribution >= 0.6 is 23.2 Å². The second-order valence-corrected chi connectivity index (χ2v) is 6.12. The third-order valence-corrected chi connectivity index (χ3v) is 4.07. The molecule has 0 unspecified atom stereocenters. The number of hydrogen-bond acceptors (Lipinski definition) is 2. The van der Waals surface area contributed by atoms with E-state index in [9.17, 15) is 9.90 Å². The molecule has 0 amide bonds. The van der Waals surface area contributed by atoms with Gasteiger partial charge in [0.15, 0.2) is 0 Å². The zero-order valence-electron chi connectivity index (χ0n) is 11.9. The van der Waals surface area contributed by atoms with Crippen LogP contribution in [0.3, 0.4) is 0 Å². The molecule has 2 aromatic carbocycles. The van der Waals surface area contributed by atoms with E-state index < -0.39 is 0 Å². The van der Waals surface area contributed by atoms with Gasteiger partial charge in [0, 0.05) is 22.0 Å². The number of aldehydes is 1. The molecular formula is C17H16Cl2O2. The van der Waals surface area contributed by atoms with Gasteiger partial charge in [0.1, 0.15) is 12.0 Å². The highest BCUT2D eigenvalue weighted by molar-refractivity contribution is 6.36. The van der Waals surface area contributed by atoms with Gasteiger partial charge >= 0.3 is 0 Å². The molecule has 0 fully saturated rings. The Labute approximate surface area is 134 Å². The van der Waals surface area contributed by atoms with Crippen LogP contribution in [-0.2, 0) is 6.42 Å². The predicted octanol–water partition coefficient (Wildman–Crippen LogP) is 5.23. The van der Waals surface area contributed by atoms with E-state index in [4.69, 9.17) is 23.2 Å². The third kappa shape index (κ3) is 3.58. The summed E-state index contributed by atoms with van der Waals surface area (Å²) in [6.07, 6.45) is 1.27. The lowest BCUT2D eigenvalue weighted by atomic mass is 9.96. The number of hydrogen-bond donors (Lipinski definition) is 1. The van der Waals surface area contributed by atoms with Crippen molar-refractivity contribution < 1.29 is 9.90 Å². The summed E-state index contributed by atoms with van der Waals surface area (Å²) in [6.45, 7) is 4.05. The molecule has 0 bridgehead atoms. The van der Waals surface area contributed by atoms with Crippen molar-refractivity contribution >= 4 is 29.5 Å². The lowest BCUT2D eigenvalue weighted by Crippen LogP contribution is -1.96. The summed E-state index contributed by atoms with van der Waals surface area (Å²) < 4.78 is 0. The van der Waals surface area contributed by atoms with Crippen LogP contribution in [0.5, 0.6) is 5.75 Å². The highest BCUT2D eigenvalue weighted by Crippen LogP contribution is 2.31. The first-order chi connectivity index (χ1) is 9.92. The topological polar surface area (TPSA) is 37.3 Å². The second kappa shape index (κ2) is 6.50. The Bertz CT molecular complexity index is 655. The van der Waals surface area contributed by atoms with Crippen molar-refractivity contribution in [3.63, 3.8) is 0 Å². The van der Waals surface area contributed by atoms with E-state index in [-0.39, 0.29) is 5.92 Å². The molecule has 0 heterocycles. The van der Waals surface area contributed by atoms with Crippen LogP contribution in [0.2, 0.25) is 10.0 Å². The molecular weight excluding hydrogens is 307 g/mol. The largest absolute Gasteiger partial charge is 0.508 e. The minimum absolute atomic E-state index is 0.230. The van der Waals surface area contributed by atoms with Gasteiger partial charge in [0.05, 0.1) is 0 Å². The Morgan fingerprint density at radius 2 is 1.76 bits per heavy atom. The normalized spacial score (nSPS) is 10.9. The third-order valence-electron chi connectivity index (χ3n) is 3.39. The average molecular weight is 323 g/mol. The SMILES string of the molecule is CC(C)c1cc(Cc2c(Cl)cc(C=O)cc2Cl)ccc1O. The smallest absolute Gasteiger partial charge is 0.150 e.